The van der Waals surface area contributed by atoms with Crippen LogP contribution in [0, 0.1) is 12.8 Å². The van der Waals surface area contributed by atoms with Gasteiger partial charge in [-0.25, -0.2) is 0 Å². The Balaban J connectivity index is 1.85. The predicted octanol–water partition coefficient (Wildman–Crippen LogP) is 2.60. The molecule has 120 valence electrons. The average Bonchev–Trinajstić information content (AvgIpc) is 2.61. The summed E-state index contributed by atoms with van der Waals surface area (Å²) in [7, 11) is 0. The summed E-state index contributed by atoms with van der Waals surface area (Å²) in [5, 5.41) is 6.52. The molecule has 4 nitrogen and oxygen atoms in total. The minimum atomic E-state index is -0.196. The molecule has 1 aliphatic heterocycles. The van der Waals surface area contributed by atoms with Crippen molar-refractivity contribution in [1.29, 1.82) is 0 Å². The highest BCUT2D eigenvalue weighted by Gasteiger charge is 2.25. The van der Waals surface area contributed by atoms with Crippen molar-refractivity contribution >= 4 is 5.91 Å². The van der Waals surface area contributed by atoms with Crippen LogP contribution in [0.2, 0.25) is 0 Å². The normalized spacial score (nSPS) is 16.7. The van der Waals surface area contributed by atoms with Crippen molar-refractivity contribution in [2.45, 2.75) is 25.8 Å². The third-order valence-corrected chi connectivity index (χ3v) is 4.36. The molecule has 3 rings (SSSR count). The lowest BCUT2D eigenvalue weighted by Gasteiger charge is -2.25. The predicted molar refractivity (Wildman–Crippen MR) is 91.0 cm³/mol. The lowest BCUT2D eigenvalue weighted by molar-refractivity contribution is -0.126. The molecule has 23 heavy (non-hydrogen) atoms. The van der Waals surface area contributed by atoms with Crippen LogP contribution in [0.4, 0.5) is 0 Å². The molecule has 4 heteroatoms. The van der Waals surface area contributed by atoms with E-state index in [2.05, 4.69) is 40.7 Å². The van der Waals surface area contributed by atoms with Crippen LogP contribution < -0.4 is 10.6 Å². The molecule has 2 aromatic rings. The van der Waals surface area contributed by atoms with Gasteiger partial charge in [-0.05, 0) is 50.6 Å². The topological polar surface area (TPSA) is 54.0 Å². The Kier molecular flexibility index (Phi) is 5.03. The van der Waals surface area contributed by atoms with Gasteiger partial charge >= 0.3 is 0 Å². The van der Waals surface area contributed by atoms with Crippen molar-refractivity contribution in [2.24, 2.45) is 5.92 Å². The van der Waals surface area contributed by atoms with Crippen molar-refractivity contribution in [2.75, 3.05) is 13.1 Å². The number of rotatable bonds is 4. The van der Waals surface area contributed by atoms with Crippen molar-refractivity contribution in [3.05, 3.63) is 65.5 Å². The van der Waals surface area contributed by atoms with Gasteiger partial charge in [0, 0.05) is 12.1 Å². The van der Waals surface area contributed by atoms with E-state index in [1.807, 2.05) is 24.3 Å². The quantitative estimate of drug-likeness (QED) is 0.913. The number of nitrogens with zero attached hydrogens (tertiary/aromatic N) is 1. The first-order chi connectivity index (χ1) is 11.2. The Labute approximate surface area is 137 Å². The third-order valence-electron chi connectivity index (χ3n) is 4.36. The molecule has 1 atom stereocenters. The number of pyridine rings is 1. The smallest absolute Gasteiger partial charge is 0.224 e. The van der Waals surface area contributed by atoms with E-state index in [0.717, 1.165) is 37.2 Å². The van der Waals surface area contributed by atoms with Gasteiger partial charge in [-0.1, -0.05) is 35.9 Å². The molecule has 0 saturated carbocycles. The Hall–Kier alpha value is -2.20. The molecule has 0 aliphatic carbocycles. The third kappa shape index (κ3) is 3.96. The molecular formula is C19H23N3O. The SMILES string of the molecule is Cc1cccc(C(NC(=O)C2CCNCC2)c2ccccn2)c1. The van der Waals surface area contributed by atoms with Crippen molar-refractivity contribution < 1.29 is 4.79 Å². The minimum Gasteiger partial charge on any atom is -0.343 e. The van der Waals surface area contributed by atoms with Crippen LogP contribution in [0.5, 0.6) is 0 Å². The maximum absolute atomic E-state index is 12.7. The Bertz CT molecular complexity index is 651. The second-order valence-electron chi connectivity index (χ2n) is 6.13. The molecule has 1 aromatic heterocycles. The summed E-state index contributed by atoms with van der Waals surface area (Å²) in [4.78, 5) is 17.1. The number of hydrogen-bond donors (Lipinski definition) is 2. The van der Waals surface area contributed by atoms with Crippen LogP contribution in [-0.4, -0.2) is 24.0 Å². The van der Waals surface area contributed by atoms with E-state index in [9.17, 15) is 4.79 Å². The van der Waals surface area contributed by atoms with Crippen molar-refractivity contribution in [3.63, 3.8) is 0 Å². The Morgan fingerprint density at radius 3 is 2.74 bits per heavy atom. The number of carbonyl (C=O) groups is 1. The van der Waals surface area contributed by atoms with E-state index in [1.54, 1.807) is 6.20 Å². The number of piperidine rings is 1. The van der Waals surface area contributed by atoms with Gasteiger partial charge in [-0.15, -0.1) is 0 Å². The molecule has 1 aromatic carbocycles. The van der Waals surface area contributed by atoms with Gasteiger partial charge in [-0.3, -0.25) is 9.78 Å². The van der Waals surface area contributed by atoms with Crippen LogP contribution in [0.15, 0.2) is 48.7 Å². The molecule has 1 unspecified atom stereocenters. The second kappa shape index (κ2) is 7.38. The number of aromatic nitrogens is 1. The molecule has 0 spiro atoms. The number of hydrogen-bond acceptors (Lipinski definition) is 3. The van der Waals surface area contributed by atoms with Crippen LogP contribution in [0.3, 0.4) is 0 Å². The maximum atomic E-state index is 12.7. The van der Waals surface area contributed by atoms with Crippen molar-refractivity contribution in [1.82, 2.24) is 15.6 Å². The molecule has 2 N–H and O–H groups in total. The zero-order valence-corrected chi connectivity index (χ0v) is 13.5. The molecule has 1 fully saturated rings. The summed E-state index contributed by atoms with van der Waals surface area (Å²) >= 11 is 0. The van der Waals surface area contributed by atoms with Gasteiger partial charge in [0.1, 0.15) is 0 Å². The number of nitrogens with one attached hydrogen (secondary N) is 2. The molecule has 1 aliphatic rings. The van der Waals surface area contributed by atoms with E-state index >= 15 is 0 Å². The van der Waals surface area contributed by atoms with Gasteiger partial charge in [0.05, 0.1) is 11.7 Å². The fraction of sp³-hybridized carbons (Fsp3) is 0.368. The average molecular weight is 309 g/mol. The highest BCUT2D eigenvalue weighted by molar-refractivity contribution is 5.79. The number of benzene rings is 1. The highest BCUT2D eigenvalue weighted by atomic mass is 16.1. The van der Waals surface area contributed by atoms with Crippen LogP contribution in [-0.2, 0) is 4.79 Å². The second-order valence-corrected chi connectivity index (χ2v) is 6.13. The summed E-state index contributed by atoms with van der Waals surface area (Å²) in [6.45, 7) is 3.89. The number of aryl methyl sites for hydroxylation is 1. The van der Waals surface area contributed by atoms with Crippen molar-refractivity contribution in [3.8, 4) is 0 Å². The first-order valence-corrected chi connectivity index (χ1v) is 8.22. The minimum absolute atomic E-state index is 0.0901. The Morgan fingerprint density at radius 2 is 2.04 bits per heavy atom. The van der Waals surface area contributed by atoms with E-state index < -0.39 is 0 Å². The van der Waals surface area contributed by atoms with Gasteiger partial charge in [0.2, 0.25) is 5.91 Å². The molecular weight excluding hydrogens is 286 g/mol. The standard InChI is InChI=1S/C19H23N3O/c1-14-5-4-6-16(13-14)18(17-7-2-3-10-21-17)22-19(23)15-8-11-20-12-9-15/h2-7,10,13,15,18,20H,8-9,11-12H2,1H3,(H,22,23). The van der Waals surface area contributed by atoms with E-state index in [4.69, 9.17) is 0 Å². The van der Waals surface area contributed by atoms with Crippen LogP contribution in [0.25, 0.3) is 0 Å². The number of carbonyl (C=O) groups excluding carboxylic acids is 1. The summed E-state index contributed by atoms with van der Waals surface area (Å²) in [5.74, 6) is 0.218. The molecule has 2 heterocycles. The zero-order valence-electron chi connectivity index (χ0n) is 13.5. The number of amides is 1. The summed E-state index contributed by atoms with van der Waals surface area (Å²) in [5.41, 5.74) is 3.13. The molecule has 1 amide bonds. The summed E-state index contributed by atoms with van der Waals surface area (Å²) < 4.78 is 0. The fourth-order valence-electron chi connectivity index (χ4n) is 3.07. The highest BCUT2D eigenvalue weighted by Crippen LogP contribution is 2.23. The fourth-order valence-corrected chi connectivity index (χ4v) is 3.07. The molecule has 1 saturated heterocycles. The largest absolute Gasteiger partial charge is 0.343 e. The van der Waals surface area contributed by atoms with Gasteiger partial charge in [0.15, 0.2) is 0 Å². The first kappa shape index (κ1) is 15.7. The Morgan fingerprint density at radius 1 is 1.22 bits per heavy atom. The van der Waals surface area contributed by atoms with E-state index in [1.165, 1.54) is 5.56 Å². The molecule has 0 bridgehead atoms. The molecule has 0 radical (unpaired) electrons. The van der Waals surface area contributed by atoms with Gasteiger partial charge < -0.3 is 10.6 Å². The van der Waals surface area contributed by atoms with E-state index in [0.29, 0.717) is 0 Å². The lowest BCUT2D eigenvalue weighted by Crippen LogP contribution is -2.40. The first-order valence-electron chi connectivity index (χ1n) is 8.22. The van der Waals surface area contributed by atoms with Gasteiger partial charge in [0.25, 0.3) is 0 Å². The van der Waals surface area contributed by atoms with Gasteiger partial charge in [-0.2, -0.15) is 0 Å². The maximum Gasteiger partial charge on any atom is 0.224 e. The zero-order chi connectivity index (χ0) is 16.1. The summed E-state index contributed by atoms with van der Waals surface area (Å²) in [6, 6.07) is 13.9. The van der Waals surface area contributed by atoms with Crippen LogP contribution in [0.1, 0.15) is 35.7 Å². The van der Waals surface area contributed by atoms with Crippen LogP contribution >= 0.6 is 0 Å². The lowest BCUT2D eigenvalue weighted by atomic mass is 9.95. The summed E-state index contributed by atoms with van der Waals surface area (Å²) in [6.07, 6.45) is 3.57. The monoisotopic (exact) mass is 309 g/mol. The van der Waals surface area contributed by atoms with E-state index in [-0.39, 0.29) is 17.9 Å².